The molecule has 1 heterocycles. The predicted molar refractivity (Wildman–Crippen MR) is 102 cm³/mol. The van der Waals surface area contributed by atoms with E-state index < -0.39 is 0 Å². The van der Waals surface area contributed by atoms with Crippen molar-refractivity contribution in [3.63, 3.8) is 0 Å². The number of hydrogen-bond acceptors (Lipinski definition) is 2. The van der Waals surface area contributed by atoms with Crippen molar-refractivity contribution >= 4 is 34.3 Å². The fraction of sp³-hybridized carbons (Fsp3) is 0.200. The van der Waals surface area contributed by atoms with Crippen LogP contribution in [0.3, 0.4) is 0 Å². The molecule has 0 N–H and O–H groups in total. The Labute approximate surface area is 152 Å². The molecule has 1 aliphatic heterocycles. The van der Waals surface area contributed by atoms with Crippen molar-refractivity contribution in [3.05, 3.63) is 81.1 Å². The Kier molecular flexibility index (Phi) is 3.82. The third-order valence-corrected chi connectivity index (χ3v) is 5.23. The number of hydrogen-bond donors (Lipinski definition) is 0. The summed E-state index contributed by atoms with van der Waals surface area (Å²) in [5.41, 5.74) is 7.84. The Bertz CT molecular complexity index is 777. The van der Waals surface area contributed by atoms with Gasteiger partial charge in [0, 0.05) is 30.6 Å². The Hall–Kier alpha value is -1.90. The molecule has 122 valence electrons. The van der Waals surface area contributed by atoms with E-state index in [0.29, 0.717) is 0 Å². The lowest BCUT2D eigenvalue weighted by atomic mass is 9.98. The highest BCUT2D eigenvalue weighted by molar-refractivity contribution is 6.30. The first-order valence-electron chi connectivity index (χ1n) is 7.95. The minimum absolute atomic E-state index is 0.769. The van der Waals surface area contributed by atoms with Crippen LogP contribution in [-0.4, -0.2) is 30.6 Å². The summed E-state index contributed by atoms with van der Waals surface area (Å²) in [5, 5.41) is 1.54. The van der Waals surface area contributed by atoms with E-state index in [1.807, 2.05) is 24.3 Å². The first-order valence-corrected chi connectivity index (χ1v) is 8.71. The number of benzene rings is 2. The number of fused-ring (bicyclic) bond motifs is 1. The van der Waals surface area contributed by atoms with Crippen molar-refractivity contribution in [3.8, 4) is 0 Å². The van der Waals surface area contributed by atoms with Gasteiger partial charge < -0.3 is 9.80 Å². The summed E-state index contributed by atoms with van der Waals surface area (Å²) >= 11 is 12.1. The van der Waals surface area contributed by atoms with Crippen molar-refractivity contribution < 1.29 is 0 Å². The van der Waals surface area contributed by atoms with Gasteiger partial charge in [-0.3, -0.25) is 0 Å². The van der Waals surface area contributed by atoms with Crippen LogP contribution in [-0.2, 0) is 0 Å². The van der Waals surface area contributed by atoms with Crippen molar-refractivity contribution in [1.29, 1.82) is 0 Å². The lowest BCUT2D eigenvalue weighted by Gasteiger charge is -2.16. The van der Waals surface area contributed by atoms with Crippen LogP contribution in [0.15, 0.2) is 59.9 Å². The summed E-state index contributed by atoms with van der Waals surface area (Å²) < 4.78 is 0. The highest BCUT2D eigenvalue weighted by atomic mass is 35.5. The zero-order valence-corrected chi connectivity index (χ0v) is 15.2. The third-order valence-electron chi connectivity index (χ3n) is 4.72. The van der Waals surface area contributed by atoms with Gasteiger partial charge >= 0.3 is 0 Å². The normalized spacial score (nSPS) is 17.2. The smallest absolute Gasteiger partial charge is 0.0898 e. The number of nitrogens with zero attached hydrogens (tertiary/aromatic N) is 2. The van der Waals surface area contributed by atoms with Gasteiger partial charge in [-0.05, 0) is 46.5 Å². The third kappa shape index (κ3) is 2.51. The maximum Gasteiger partial charge on any atom is 0.0898 e. The van der Waals surface area contributed by atoms with Crippen LogP contribution < -0.4 is 0 Å². The van der Waals surface area contributed by atoms with Crippen LogP contribution in [0.2, 0.25) is 10.0 Å². The number of likely N-dealkylation sites (N-methyl/N-ethyl adjacent to an activating group) is 2. The zero-order chi connectivity index (χ0) is 16.8. The second-order valence-electron chi connectivity index (χ2n) is 6.38. The monoisotopic (exact) mass is 356 g/mol. The largest absolute Gasteiger partial charge is 0.355 e. The number of rotatable bonds is 2. The molecule has 1 saturated heterocycles. The summed E-state index contributed by atoms with van der Waals surface area (Å²) in [7, 11) is 4.30. The van der Waals surface area contributed by atoms with Gasteiger partial charge in [0.2, 0.25) is 0 Å². The standard InChI is InChI=1S/C20H18Cl2N2/c1-23-12-24(2)20-18(14-5-9-16(22)10-6-14)11-17(19(20)23)13-3-7-15(21)8-4-13/h3-10H,11-12H2,1-2H3. The molecule has 1 aliphatic carbocycles. The molecule has 0 bridgehead atoms. The lowest BCUT2D eigenvalue weighted by Crippen LogP contribution is -2.18. The maximum atomic E-state index is 6.06. The summed E-state index contributed by atoms with van der Waals surface area (Å²) in [6.07, 6.45) is 0.919. The van der Waals surface area contributed by atoms with Crippen LogP contribution in [0.25, 0.3) is 11.1 Å². The van der Waals surface area contributed by atoms with E-state index in [-0.39, 0.29) is 0 Å². The number of allylic oxidation sites excluding steroid dienone is 2. The van der Waals surface area contributed by atoms with Crippen molar-refractivity contribution in [2.45, 2.75) is 6.42 Å². The Morgan fingerprint density at radius 2 is 1.04 bits per heavy atom. The van der Waals surface area contributed by atoms with Gasteiger partial charge in [0.1, 0.15) is 0 Å². The first kappa shape index (κ1) is 15.6. The Morgan fingerprint density at radius 3 is 1.42 bits per heavy atom. The van der Waals surface area contributed by atoms with Gasteiger partial charge in [-0.15, -0.1) is 0 Å². The maximum absolute atomic E-state index is 6.06. The fourth-order valence-electron chi connectivity index (χ4n) is 3.69. The summed E-state index contributed by atoms with van der Waals surface area (Å²) in [6, 6.07) is 16.3. The molecule has 2 aliphatic rings. The van der Waals surface area contributed by atoms with Crippen molar-refractivity contribution in [2.75, 3.05) is 20.8 Å². The van der Waals surface area contributed by atoms with E-state index in [1.54, 1.807) is 0 Å². The summed E-state index contributed by atoms with van der Waals surface area (Å²) in [6.45, 7) is 0.902. The molecule has 24 heavy (non-hydrogen) atoms. The Balaban J connectivity index is 1.83. The minimum Gasteiger partial charge on any atom is -0.355 e. The van der Waals surface area contributed by atoms with Crippen LogP contribution in [0.5, 0.6) is 0 Å². The van der Waals surface area contributed by atoms with E-state index in [1.165, 1.54) is 33.7 Å². The molecule has 2 nitrogen and oxygen atoms in total. The predicted octanol–water partition coefficient (Wildman–Crippen LogP) is 5.35. The van der Waals surface area contributed by atoms with Crippen LogP contribution in [0.1, 0.15) is 17.5 Å². The van der Waals surface area contributed by atoms with Gasteiger partial charge in [-0.1, -0.05) is 47.5 Å². The quantitative estimate of drug-likeness (QED) is 0.714. The topological polar surface area (TPSA) is 6.48 Å². The minimum atomic E-state index is 0.769. The molecule has 4 heteroatoms. The van der Waals surface area contributed by atoms with E-state index in [2.05, 4.69) is 48.2 Å². The molecule has 0 saturated carbocycles. The van der Waals surface area contributed by atoms with Gasteiger partial charge in [-0.2, -0.15) is 0 Å². The SMILES string of the molecule is CN1CN(C)C2=C(c3ccc(Cl)cc3)CC(c3ccc(Cl)cc3)=C21. The molecule has 0 spiro atoms. The average Bonchev–Trinajstić information content (AvgIpc) is 3.09. The van der Waals surface area contributed by atoms with Gasteiger partial charge in [0.25, 0.3) is 0 Å². The molecule has 0 radical (unpaired) electrons. The first-order chi connectivity index (χ1) is 11.5. The molecular formula is C20H18Cl2N2. The van der Waals surface area contributed by atoms with E-state index >= 15 is 0 Å². The zero-order valence-electron chi connectivity index (χ0n) is 13.7. The molecule has 1 fully saturated rings. The molecule has 0 unspecified atom stereocenters. The second kappa shape index (κ2) is 5.87. The van der Waals surface area contributed by atoms with E-state index in [9.17, 15) is 0 Å². The second-order valence-corrected chi connectivity index (χ2v) is 7.26. The van der Waals surface area contributed by atoms with Crippen LogP contribution in [0.4, 0.5) is 0 Å². The fourth-order valence-corrected chi connectivity index (χ4v) is 3.94. The van der Waals surface area contributed by atoms with Crippen LogP contribution in [0, 0.1) is 0 Å². The van der Waals surface area contributed by atoms with Gasteiger partial charge in [-0.25, -0.2) is 0 Å². The van der Waals surface area contributed by atoms with E-state index in [0.717, 1.165) is 23.1 Å². The highest BCUT2D eigenvalue weighted by Crippen LogP contribution is 2.47. The Morgan fingerprint density at radius 1 is 0.667 bits per heavy atom. The molecule has 2 aromatic carbocycles. The summed E-state index contributed by atoms with van der Waals surface area (Å²) in [5.74, 6) is 0. The van der Waals surface area contributed by atoms with Crippen molar-refractivity contribution in [2.24, 2.45) is 0 Å². The summed E-state index contributed by atoms with van der Waals surface area (Å²) in [4.78, 5) is 4.64. The molecule has 4 rings (SSSR count). The number of halogens is 2. The molecule has 0 atom stereocenters. The van der Waals surface area contributed by atoms with Crippen LogP contribution >= 0.6 is 23.2 Å². The molecule has 0 amide bonds. The molecule has 0 aromatic heterocycles. The highest BCUT2D eigenvalue weighted by Gasteiger charge is 2.35. The molecule has 2 aromatic rings. The van der Waals surface area contributed by atoms with Crippen molar-refractivity contribution in [1.82, 2.24) is 9.80 Å². The molecular weight excluding hydrogens is 339 g/mol. The average molecular weight is 357 g/mol. The lowest BCUT2D eigenvalue weighted by molar-refractivity contribution is 0.344. The van der Waals surface area contributed by atoms with Gasteiger partial charge in [0.05, 0.1) is 18.1 Å². The van der Waals surface area contributed by atoms with Gasteiger partial charge in [0.15, 0.2) is 0 Å². The van der Waals surface area contributed by atoms with E-state index in [4.69, 9.17) is 23.2 Å².